The highest BCUT2D eigenvalue weighted by molar-refractivity contribution is 5.95. The van der Waals surface area contributed by atoms with Gasteiger partial charge in [0.1, 0.15) is 5.82 Å². The van der Waals surface area contributed by atoms with Crippen LogP contribution in [0.3, 0.4) is 0 Å². The van der Waals surface area contributed by atoms with Crippen molar-refractivity contribution in [3.8, 4) is 0 Å². The van der Waals surface area contributed by atoms with Crippen LogP contribution in [0, 0.1) is 5.82 Å². The fraction of sp³-hybridized carbons (Fsp3) is 0.462. The molecule has 0 aliphatic heterocycles. The molecule has 0 saturated heterocycles. The topological polar surface area (TPSA) is 83.6 Å². The van der Waals surface area contributed by atoms with Crippen molar-refractivity contribution in [1.29, 1.82) is 0 Å². The summed E-state index contributed by atoms with van der Waals surface area (Å²) in [5.74, 6) is -1.28. The molecule has 2 aliphatic rings. The summed E-state index contributed by atoms with van der Waals surface area (Å²) in [5.41, 5.74) is 2.14. The molecule has 9 heteroatoms. The first kappa shape index (κ1) is 25.2. The Morgan fingerprint density at radius 3 is 2.06 bits per heavy atom. The minimum atomic E-state index is -4.85. The fourth-order valence-electron chi connectivity index (χ4n) is 5.07. The SMILES string of the molecule is C[C@](O)(c1ccc(C(=O)N(C2CC2)C2CCC(C(N)=O)(c3cccc(F)c3)CC2)cc1)C(F)(F)F. The van der Waals surface area contributed by atoms with Gasteiger partial charge in [0.15, 0.2) is 5.60 Å². The number of aliphatic hydroxyl groups is 1. The Morgan fingerprint density at radius 2 is 1.57 bits per heavy atom. The molecule has 2 saturated carbocycles. The van der Waals surface area contributed by atoms with E-state index in [1.165, 1.54) is 24.3 Å². The molecule has 2 aliphatic carbocycles. The Balaban J connectivity index is 1.53. The maximum atomic E-state index is 13.9. The molecule has 2 aromatic carbocycles. The molecule has 3 N–H and O–H groups in total. The summed E-state index contributed by atoms with van der Waals surface area (Å²) in [4.78, 5) is 27.6. The van der Waals surface area contributed by atoms with Crippen LogP contribution >= 0.6 is 0 Å². The van der Waals surface area contributed by atoms with E-state index in [0.29, 0.717) is 38.2 Å². The zero-order valence-electron chi connectivity index (χ0n) is 19.3. The van der Waals surface area contributed by atoms with Gasteiger partial charge in [-0.05, 0) is 80.8 Å². The number of carbonyl (C=O) groups is 2. The molecule has 2 aromatic rings. The van der Waals surface area contributed by atoms with E-state index < -0.39 is 28.9 Å². The Bertz CT molecular complexity index is 1100. The Morgan fingerprint density at radius 1 is 1.00 bits per heavy atom. The molecule has 188 valence electrons. The van der Waals surface area contributed by atoms with Crippen molar-refractivity contribution in [1.82, 2.24) is 4.90 Å². The average Bonchev–Trinajstić information content (AvgIpc) is 3.64. The lowest BCUT2D eigenvalue weighted by Crippen LogP contribution is -2.50. The number of primary amides is 1. The second-order valence-electron chi connectivity index (χ2n) is 9.78. The number of hydrogen-bond acceptors (Lipinski definition) is 3. The molecule has 5 nitrogen and oxygen atoms in total. The maximum absolute atomic E-state index is 13.9. The lowest BCUT2D eigenvalue weighted by atomic mass is 9.67. The van der Waals surface area contributed by atoms with E-state index in [2.05, 4.69) is 0 Å². The molecule has 4 rings (SSSR count). The van der Waals surface area contributed by atoms with E-state index in [9.17, 15) is 32.3 Å². The predicted molar refractivity (Wildman–Crippen MR) is 121 cm³/mol. The third-order valence-corrected chi connectivity index (χ3v) is 7.47. The van der Waals surface area contributed by atoms with E-state index in [-0.39, 0.29) is 29.1 Å². The van der Waals surface area contributed by atoms with E-state index in [4.69, 9.17) is 5.73 Å². The van der Waals surface area contributed by atoms with Crippen LogP contribution in [0.15, 0.2) is 48.5 Å². The highest BCUT2D eigenvalue weighted by Crippen LogP contribution is 2.44. The number of alkyl halides is 3. The van der Waals surface area contributed by atoms with Crippen molar-refractivity contribution < 1.29 is 32.3 Å². The van der Waals surface area contributed by atoms with Gasteiger partial charge >= 0.3 is 6.18 Å². The Kier molecular flexibility index (Phi) is 6.42. The summed E-state index contributed by atoms with van der Waals surface area (Å²) in [6, 6.07) is 10.6. The van der Waals surface area contributed by atoms with Crippen LogP contribution in [0.4, 0.5) is 17.6 Å². The standard InChI is InChI=1S/C26H28F4N2O3/c1-24(35,26(28,29)30)17-7-5-16(6-8-17)22(33)32(20-9-10-20)21-11-13-25(14-12-21,23(31)34)18-3-2-4-19(27)15-18/h2-8,15,20-21,35H,9-14H2,1H3,(H2,31,34)/t21?,24-,25?/m0/s1. The second-order valence-corrected chi connectivity index (χ2v) is 9.78. The molecule has 0 radical (unpaired) electrons. The first-order valence-corrected chi connectivity index (χ1v) is 11.6. The monoisotopic (exact) mass is 492 g/mol. The number of rotatable bonds is 6. The smallest absolute Gasteiger partial charge is 0.376 e. The number of hydrogen-bond donors (Lipinski definition) is 2. The molecule has 0 unspecified atom stereocenters. The molecular formula is C26H28F4N2O3. The zero-order valence-corrected chi connectivity index (χ0v) is 19.3. The Hall–Kier alpha value is -2.94. The molecule has 2 fully saturated rings. The number of nitrogens with zero attached hydrogens (tertiary/aromatic N) is 1. The first-order chi connectivity index (χ1) is 16.4. The van der Waals surface area contributed by atoms with E-state index in [1.807, 2.05) is 0 Å². The highest BCUT2D eigenvalue weighted by atomic mass is 19.4. The number of carbonyl (C=O) groups excluding carboxylic acids is 2. The van der Waals surface area contributed by atoms with Crippen molar-refractivity contribution in [2.75, 3.05) is 0 Å². The van der Waals surface area contributed by atoms with Gasteiger partial charge in [0.2, 0.25) is 5.91 Å². The molecule has 1 atom stereocenters. The lowest BCUT2D eigenvalue weighted by Gasteiger charge is -2.42. The third-order valence-electron chi connectivity index (χ3n) is 7.47. The molecule has 0 bridgehead atoms. The fourth-order valence-corrected chi connectivity index (χ4v) is 5.07. The zero-order chi connectivity index (χ0) is 25.6. The summed E-state index contributed by atoms with van der Waals surface area (Å²) in [7, 11) is 0. The van der Waals surface area contributed by atoms with Gasteiger partial charge in [0.05, 0.1) is 5.41 Å². The van der Waals surface area contributed by atoms with Crippen LogP contribution in [0.1, 0.15) is 66.9 Å². The van der Waals surface area contributed by atoms with Gasteiger partial charge in [-0.15, -0.1) is 0 Å². The van der Waals surface area contributed by atoms with Crippen molar-refractivity contribution in [3.63, 3.8) is 0 Å². The van der Waals surface area contributed by atoms with Crippen molar-refractivity contribution in [2.24, 2.45) is 5.73 Å². The molecule has 2 amide bonds. The maximum Gasteiger partial charge on any atom is 0.421 e. The minimum absolute atomic E-state index is 0.0284. The van der Waals surface area contributed by atoms with Crippen molar-refractivity contribution in [2.45, 2.75) is 74.7 Å². The van der Waals surface area contributed by atoms with Crippen LogP contribution < -0.4 is 5.73 Å². The molecule has 0 spiro atoms. The summed E-state index contributed by atoms with van der Waals surface area (Å²) in [6.45, 7) is 0.673. The van der Waals surface area contributed by atoms with Gasteiger partial charge in [-0.3, -0.25) is 9.59 Å². The lowest BCUT2D eigenvalue weighted by molar-refractivity contribution is -0.258. The largest absolute Gasteiger partial charge is 0.421 e. The van der Waals surface area contributed by atoms with Crippen LogP contribution in [-0.4, -0.2) is 40.1 Å². The summed E-state index contributed by atoms with van der Waals surface area (Å²) in [6.07, 6.45) is -1.50. The van der Waals surface area contributed by atoms with Crippen LogP contribution in [-0.2, 0) is 15.8 Å². The number of benzene rings is 2. The van der Waals surface area contributed by atoms with Crippen LogP contribution in [0.25, 0.3) is 0 Å². The average molecular weight is 493 g/mol. The van der Waals surface area contributed by atoms with E-state index >= 15 is 0 Å². The summed E-state index contributed by atoms with van der Waals surface area (Å²) >= 11 is 0. The van der Waals surface area contributed by atoms with Gasteiger partial charge in [0.25, 0.3) is 5.91 Å². The van der Waals surface area contributed by atoms with E-state index in [0.717, 1.165) is 25.0 Å². The van der Waals surface area contributed by atoms with Crippen LogP contribution in [0.2, 0.25) is 0 Å². The van der Waals surface area contributed by atoms with Gasteiger partial charge in [0, 0.05) is 17.6 Å². The second kappa shape index (κ2) is 8.93. The molecule has 0 aromatic heterocycles. The van der Waals surface area contributed by atoms with Crippen molar-refractivity contribution >= 4 is 11.8 Å². The Labute approximate surface area is 200 Å². The number of nitrogens with two attached hydrogens (primary N) is 1. The number of halogens is 4. The van der Waals surface area contributed by atoms with Crippen LogP contribution in [0.5, 0.6) is 0 Å². The van der Waals surface area contributed by atoms with Gasteiger partial charge in [-0.1, -0.05) is 24.3 Å². The molecular weight excluding hydrogens is 464 g/mol. The molecule has 35 heavy (non-hydrogen) atoms. The van der Waals surface area contributed by atoms with Gasteiger partial charge in [-0.25, -0.2) is 4.39 Å². The van der Waals surface area contributed by atoms with Crippen molar-refractivity contribution in [3.05, 3.63) is 71.0 Å². The van der Waals surface area contributed by atoms with E-state index in [1.54, 1.807) is 17.0 Å². The van der Waals surface area contributed by atoms with Gasteiger partial charge in [-0.2, -0.15) is 13.2 Å². The summed E-state index contributed by atoms with van der Waals surface area (Å²) < 4.78 is 53.3. The quantitative estimate of drug-likeness (QED) is 0.580. The number of amides is 2. The molecule has 0 heterocycles. The minimum Gasteiger partial charge on any atom is -0.376 e. The first-order valence-electron chi connectivity index (χ1n) is 11.6. The van der Waals surface area contributed by atoms with Gasteiger partial charge < -0.3 is 15.7 Å². The summed E-state index contributed by atoms with van der Waals surface area (Å²) in [5, 5.41) is 9.89. The highest BCUT2D eigenvalue weighted by Gasteiger charge is 2.51. The third kappa shape index (κ3) is 4.66. The predicted octanol–water partition coefficient (Wildman–Crippen LogP) is 4.57. The normalized spacial score (nSPS) is 24.5.